The number of hydrogen-bond donors (Lipinski definition) is 1. The number of rotatable bonds is 5. The van der Waals surface area contributed by atoms with Crippen molar-refractivity contribution < 1.29 is 4.74 Å². The minimum atomic E-state index is -0.382. The fourth-order valence-electron chi connectivity index (χ4n) is 2.94. The van der Waals surface area contributed by atoms with E-state index >= 15 is 0 Å². The molecular weight excluding hydrogens is 370 g/mol. The van der Waals surface area contributed by atoms with Gasteiger partial charge in [-0.3, -0.25) is 0 Å². The Balaban J connectivity index is 1.75. The van der Waals surface area contributed by atoms with Crippen molar-refractivity contribution in [2.24, 2.45) is 0 Å². The third-order valence-corrected chi connectivity index (χ3v) is 5.21. The lowest BCUT2D eigenvalue weighted by Gasteiger charge is -2.20. The van der Waals surface area contributed by atoms with Crippen LogP contribution in [-0.4, -0.2) is 35.0 Å². The third kappa shape index (κ3) is 3.66. The summed E-state index contributed by atoms with van der Waals surface area (Å²) in [5, 5.41) is 12.7. The molecule has 28 heavy (non-hydrogen) atoms. The van der Waals surface area contributed by atoms with Crippen molar-refractivity contribution in [2.45, 2.75) is 11.4 Å². The van der Waals surface area contributed by atoms with Gasteiger partial charge in [0.25, 0.3) is 0 Å². The van der Waals surface area contributed by atoms with Crippen LogP contribution in [0.4, 0.5) is 11.4 Å². The lowest BCUT2D eigenvalue weighted by Crippen LogP contribution is -2.17. The topological polar surface area (TPSA) is 63.2 Å². The second-order valence-electron chi connectivity index (χ2n) is 6.52. The minimum absolute atomic E-state index is 0.382. The molecule has 0 saturated carbocycles. The number of nitrogens with zero attached hydrogens (tertiary/aromatic N) is 4. The molecule has 142 valence electrons. The van der Waals surface area contributed by atoms with Crippen LogP contribution in [0.5, 0.6) is 5.88 Å². The Morgan fingerprint density at radius 1 is 1.14 bits per heavy atom. The second kappa shape index (κ2) is 7.90. The molecule has 1 aromatic heterocycles. The fourth-order valence-corrected chi connectivity index (χ4v) is 3.45. The van der Waals surface area contributed by atoms with E-state index in [1.807, 2.05) is 44.4 Å². The summed E-state index contributed by atoms with van der Waals surface area (Å²) >= 11 is 1.47. The van der Waals surface area contributed by atoms with E-state index in [1.165, 1.54) is 11.8 Å². The summed E-state index contributed by atoms with van der Waals surface area (Å²) in [7, 11) is 4.04. The molecule has 2 heterocycles. The van der Waals surface area contributed by atoms with Crippen LogP contribution in [0.3, 0.4) is 0 Å². The van der Waals surface area contributed by atoms with Gasteiger partial charge < -0.3 is 15.0 Å². The number of ether oxygens (including phenoxy) is 1. The van der Waals surface area contributed by atoms with Gasteiger partial charge >= 0.3 is 0 Å². The van der Waals surface area contributed by atoms with Crippen LogP contribution in [0.1, 0.15) is 11.8 Å². The first kappa shape index (κ1) is 18.3. The maximum atomic E-state index is 6.27. The number of para-hydroxylation sites is 1. The Hall–Kier alpha value is -3.06. The molecule has 0 bridgehead atoms. The van der Waals surface area contributed by atoms with Crippen molar-refractivity contribution in [3.63, 3.8) is 0 Å². The molecule has 1 atom stereocenters. The molecule has 6 nitrogen and oxygen atoms in total. The summed E-state index contributed by atoms with van der Waals surface area (Å²) in [4.78, 5) is 6.67. The average Bonchev–Trinajstić information content (AvgIpc) is 2.88. The number of benzene rings is 2. The molecule has 1 aliphatic heterocycles. The molecule has 2 aromatic carbocycles. The van der Waals surface area contributed by atoms with E-state index in [0.29, 0.717) is 22.5 Å². The quantitative estimate of drug-likeness (QED) is 0.511. The van der Waals surface area contributed by atoms with Crippen molar-refractivity contribution >= 4 is 23.1 Å². The molecule has 0 radical (unpaired) electrons. The van der Waals surface area contributed by atoms with Crippen molar-refractivity contribution in [2.75, 3.05) is 30.1 Å². The maximum absolute atomic E-state index is 6.27. The highest BCUT2D eigenvalue weighted by Gasteiger charge is 2.26. The van der Waals surface area contributed by atoms with Gasteiger partial charge in [0.05, 0.1) is 0 Å². The summed E-state index contributed by atoms with van der Waals surface area (Å²) in [5.74, 6) is 1.19. The Morgan fingerprint density at radius 2 is 1.93 bits per heavy atom. The standard InChI is InChI=1S/C21H21N5OS/c1-4-13-28-21-23-20-18(24-25-21)16-7-5-6-8-17(16)22-19(27-20)14-9-11-15(12-10-14)26(2)3/h4-12,19,22H,1,13H2,2-3H3. The Kier molecular flexibility index (Phi) is 5.16. The van der Waals surface area contributed by atoms with Gasteiger partial charge in [-0.25, -0.2) is 0 Å². The molecule has 1 N–H and O–H groups in total. The second-order valence-corrected chi connectivity index (χ2v) is 7.51. The molecule has 0 amide bonds. The first-order valence-corrected chi connectivity index (χ1v) is 9.92. The molecule has 1 unspecified atom stereocenters. The highest BCUT2D eigenvalue weighted by atomic mass is 32.2. The summed E-state index contributed by atoms with van der Waals surface area (Å²) in [6, 6.07) is 16.2. The Labute approximate surface area is 168 Å². The van der Waals surface area contributed by atoms with E-state index in [2.05, 4.69) is 56.2 Å². The molecule has 0 saturated heterocycles. The largest absolute Gasteiger partial charge is 0.448 e. The monoisotopic (exact) mass is 391 g/mol. The Bertz CT molecular complexity index is 990. The molecule has 1 aliphatic rings. The van der Waals surface area contributed by atoms with Crippen LogP contribution in [0, 0.1) is 0 Å². The third-order valence-electron chi connectivity index (χ3n) is 4.38. The summed E-state index contributed by atoms with van der Waals surface area (Å²) in [6.07, 6.45) is 1.43. The van der Waals surface area contributed by atoms with Gasteiger partial charge in [0.2, 0.25) is 11.0 Å². The van der Waals surface area contributed by atoms with Gasteiger partial charge in [-0.15, -0.1) is 16.8 Å². The lowest BCUT2D eigenvalue weighted by atomic mass is 10.1. The maximum Gasteiger partial charge on any atom is 0.247 e. The van der Waals surface area contributed by atoms with E-state index in [9.17, 15) is 0 Å². The van der Waals surface area contributed by atoms with Crippen LogP contribution in [0.25, 0.3) is 11.3 Å². The first-order valence-electron chi connectivity index (χ1n) is 8.94. The molecule has 3 aromatic rings. The molecule has 0 fully saturated rings. The highest BCUT2D eigenvalue weighted by molar-refractivity contribution is 7.99. The van der Waals surface area contributed by atoms with E-state index in [1.54, 1.807) is 0 Å². The van der Waals surface area contributed by atoms with Crippen molar-refractivity contribution in [1.82, 2.24) is 15.2 Å². The first-order chi connectivity index (χ1) is 13.7. The number of thioether (sulfide) groups is 1. The normalized spacial score (nSPS) is 14.7. The smallest absolute Gasteiger partial charge is 0.247 e. The predicted octanol–water partition coefficient (Wildman–Crippen LogP) is 4.39. The lowest BCUT2D eigenvalue weighted by molar-refractivity contribution is 0.225. The summed E-state index contributed by atoms with van der Waals surface area (Å²) < 4.78 is 6.27. The van der Waals surface area contributed by atoms with E-state index < -0.39 is 0 Å². The van der Waals surface area contributed by atoms with E-state index in [4.69, 9.17) is 4.74 Å². The van der Waals surface area contributed by atoms with Gasteiger partial charge in [0.15, 0.2) is 11.9 Å². The van der Waals surface area contributed by atoms with E-state index in [0.717, 1.165) is 22.5 Å². The SMILES string of the molecule is C=CCSc1nnc2c(n1)OC(c1ccc(N(C)C)cc1)Nc1ccccc1-2. The fraction of sp³-hybridized carbons (Fsp3) is 0.190. The molecule has 7 heteroatoms. The Morgan fingerprint density at radius 3 is 2.68 bits per heavy atom. The number of fused-ring (bicyclic) bond motifs is 3. The summed E-state index contributed by atoms with van der Waals surface area (Å²) in [6.45, 7) is 3.74. The van der Waals surface area contributed by atoms with Crippen molar-refractivity contribution in [3.05, 3.63) is 66.7 Å². The zero-order valence-corrected chi connectivity index (χ0v) is 16.6. The molecule has 4 rings (SSSR count). The van der Waals surface area contributed by atoms with Gasteiger partial charge in [-0.2, -0.15) is 4.98 Å². The number of nitrogens with one attached hydrogen (secondary N) is 1. The number of aromatic nitrogens is 3. The zero-order chi connectivity index (χ0) is 19.5. The molecular formula is C21H21N5OS. The number of hydrogen-bond acceptors (Lipinski definition) is 7. The van der Waals surface area contributed by atoms with E-state index in [-0.39, 0.29) is 6.23 Å². The van der Waals surface area contributed by atoms with Crippen molar-refractivity contribution in [1.29, 1.82) is 0 Å². The highest BCUT2D eigenvalue weighted by Crippen LogP contribution is 2.39. The van der Waals surface area contributed by atoms with Gasteiger partial charge in [0, 0.05) is 42.3 Å². The van der Waals surface area contributed by atoms with Gasteiger partial charge in [0.1, 0.15) is 0 Å². The van der Waals surface area contributed by atoms with Gasteiger partial charge in [-0.05, 0) is 18.2 Å². The van der Waals surface area contributed by atoms with Crippen LogP contribution >= 0.6 is 11.8 Å². The molecule has 0 aliphatic carbocycles. The van der Waals surface area contributed by atoms with Crippen LogP contribution in [-0.2, 0) is 0 Å². The van der Waals surface area contributed by atoms with Crippen LogP contribution in [0.15, 0.2) is 66.3 Å². The summed E-state index contributed by atoms with van der Waals surface area (Å²) in [5.41, 5.74) is 4.63. The van der Waals surface area contributed by atoms with Crippen LogP contribution in [0.2, 0.25) is 0 Å². The number of anilines is 2. The minimum Gasteiger partial charge on any atom is -0.448 e. The van der Waals surface area contributed by atoms with Crippen molar-refractivity contribution in [3.8, 4) is 17.1 Å². The zero-order valence-electron chi connectivity index (χ0n) is 15.8. The predicted molar refractivity (Wildman–Crippen MR) is 114 cm³/mol. The van der Waals surface area contributed by atoms with Gasteiger partial charge in [-0.1, -0.05) is 48.2 Å². The average molecular weight is 392 g/mol. The molecule has 0 spiro atoms. The van der Waals surface area contributed by atoms with Crippen LogP contribution < -0.4 is 15.0 Å².